The molecule has 0 aromatic heterocycles. The fraction of sp³-hybridized carbons (Fsp3) is 0.857. The van der Waals surface area contributed by atoms with Crippen molar-refractivity contribution in [2.24, 2.45) is 0 Å². The van der Waals surface area contributed by atoms with Gasteiger partial charge in [0, 0.05) is 0 Å². The molecule has 1 saturated heterocycles. The van der Waals surface area contributed by atoms with E-state index in [9.17, 15) is 9.90 Å². The Balaban J connectivity index is 1.88. The van der Waals surface area contributed by atoms with E-state index in [0.717, 1.165) is 57.8 Å². The van der Waals surface area contributed by atoms with Gasteiger partial charge in [0.15, 0.2) is 6.10 Å². The molecule has 0 radical (unpaired) electrons. The fourth-order valence-corrected chi connectivity index (χ4v) is 2.93. The molecule has 25 heavy (non-hydrogen) atoms. The van der Waals surface area contributed by atoms with E-state index in [-0.39, 0.29) is 24.3 Å². The summed E-state index contributed by atoms with van der Waals surface area (Å²) in [6.07, 6.45) is 16.8. The third-order valence-electron chi connectivity index (χ3n) is 4.59. The minimum atomic E-state index is -0.301. The van der Waals surface area contributed by atoms with Crippen molar-refractivity contribution in [1.82, 2.24) is 0 Å². The maximum atomic E-state index is 11.6. The Morgan fingerprint density at radius 1 is 1.08 bits per heavy atom. The predicted octanol–water partition coefficient (Wildman–Crippen LogP) is 4.94. The SMILES string of the molecule is CCCCCC[C@@H](O)C/C=C\CCCCCC1OC1C(=O)OCCC. The van der Waals surface area contributed by atoms with E-state index < -0.39 is 0 Å². The summed E-state index contributed by atoms with van der Waals surface area (Å²) in [5, 5.41) is 9.88. The maximum absolute atomic E-state index is 11.6. The molecule has 0 bridgehead atoms. The summed E-state index contributed by atoms with van der Waals surface area (Å²) >= 11 is 0. The quantitative estimate of drug-likeness (QED) is 0.185. The van der Waals surface area contributed by atoms with Crippen molar-refractivity contribution < 1.29 is 19.4 Å². The van der Waals surface area contributed by atoms with Crippen molar-refractivity contribution in [2.75, 3.05) is 6.61 Å². The van der Waals surface area contributed by atoms with Gasteiger partial charge in [0.05, 0.1) is 18.8 Å². The summed E-state index contributed by atoms with van der Waals surface area (Å²) in [6.45, 7) is 4.68. The van der Waals surface area contributed by atoms with Gasteiger partial charge in [-0.1, -0.05) is 64.5 Å². The molecule has 0 aromatic rings. The number of aliphatic hydroxyl groups excluding tert-OH is 1. The van der Waals surface area contributed by atoms with E-state index in [1.165, 1.54) is 19.3 Å². The van der Waals surface area contributed by atoms with Gasteiger partial charge in [-0.2, -0.15) is 0 Å². The number of hydrogen-bond donors (Lipinski definition) is 1. The zero-order valence-corrected chi connectivity index (χ0v) is 16.3. The molecule has 4 nitrogen and oxygen atoms in total. The number of carbonyl (C=O) groups is 1. The lowest BCUT2D eigenvalue weighted by Gasteiger charge is -2.07. The van der Waals surface area contributed by atoms with Crippen molar-refractivity contribution in [3.05, 3.63) is 12.2 Å². The molecule has 1 fully saturated rings. The number of ether oxygens (including phenoxy) is 2. The van der Waals surface area contributed by atoms with Crippen LogP contribution < -0.4 is 0 Å². The van der Waals surface area contributed by atoms with Gasteiger partial charge in [0.1, 0.15) is 0 Å². The van der Waals surface area contributed by atoms with Crippen LogP contribution in [0.3, 0.4) is 0 Å². The first-order valence-electron chi connectivity index (χ1n) is 10.3. The van der Waals surface area contributed by atoms with Gasteiger partial charge in [-0.3, -0.25) is 0 Å². The second-order valence-electron chi connectivity index (χ2n) is 7.11. The highest BCUT2D eigenvalue weighted by atomic mass is 16.6. The third kappa shape index (κ3) is 11.4. The van der Waals surface area contributed by atoms with E-state index in [1.54, 1.807) is 0 Å². The van der Waals surface area contributed by atoms with E-state index in [4.69, 9.17) is 9.47 Å². The number of rotatable bonds is 16. The zero-order chi connectivity index (χ0) is 18.3. The number of hydrogen-bond acceptors (Lipinski definition) is 4. The number of esters is 1. The van der Waals surface area contributed by atoms with Gasteiger partial charge < -0.3 is 14.6 Å². The summed E-state index contributed by atoms with van der Waals surface area (Å²) in [5.41, 5.74) is 0. The molecule has 0 spiro atoms. The molecular weight excluding hydrogens is 316 g/mol. The van der Waals surface area contributed by atoms with Gasteiger partial charge in [-0.05, 0) is 38.5 Å². The van der Waals surface area contributed by atoms with Gasteiger partial charge in [-0.25, -0.2) is 4.79 Å². The molecule has 1 aliphatic rings. The standard InChI is InChI=1S/C21H38O4/c1-3-5-6-11-14-18(22)15-12-9-7-8-10-13-16-19-20(25-19)21(23)24-17-4-2/h9,12,18-20,22H,3-8,10-11,13-17H2,1-2H3/b12-9-/t18-,19?,20?/m1/s1. The van der Waals surface area contributed by atoms with E-state index in [0.29, 0.717) is 6.61 Å². The third-order valence-corrected chi connectivity index (χ3v) is 4.59. The Hall–Kier alpha value is -0.870. The maximum Gasteiger partial charge on any atom is 0.338 e. The number of carbonyl (C=O) groups excluding carboxylic acids is 1. The second-order valence-corrected chi connectivity index (χ2v) is 7.11. The van der Waals surface area contributed by atoms with Crippen LogP contribution in [-0.2, 0) is 14.3 Å². The molecule has 2 unspecified atom stereocenters. The molecule has 1 heterocycles. The molecule has 0 aliphatic carbocycles. The van der Waals surface area contributed by atoms with Crippen LogP contribution in [0, 0.1) is 0 Å². The van der Waals surface area contributed by atoms with Crippen molar-refractivity contribution in [2.45, 2.75) is 109 Å². The average molecular weight is 355 g/mol. The summed E-state index contributed by atoms with van der Waals surface area (Å²) in [6, 6.07) is 0. The van der Waals surface area contributed by atoms with Crippen molar-refractivity contribution >= 4 is 5.97 Å². The van der Waals surface area contributed by atoms with Crippen LogP contribution in [0.15, 0.2) is 12.2 Å². The smallest absolute Gasteiger partial charge is 0.338 e. The van der Waals surface area contributed by atoms with Crippen molar-refractivity contribution in [3.8, 4) is 0 Å². The molecule has 1 N–H and O–H groups in total. The van der Waals surface area contributed by atoms with Crippen LogP contribution in [-0.4, -0.2) is 36.0 Å². The largest absolute Gasteiger partial charge is 0.464 e. The first-order valence-corrected chi connectivity index (χ1v) is 10.3. The van der Waals surface area contributed by atoms with Crippen LogP contribution in [0.1, 0.15) is 90.9 Å². The Kier molecular flexibility index (Phi) is 12.7. The van der Waals surface area contributed by atoms with Crippen molar-refractivity contribution in [3.63, 3.8) is 0 Å². The second kappa shape index (κ2) is 14.3. The summed E-state index contributed by atoms with van der Waals surface area (Å²) in [4.78, 5) is 11.6. The van der Waals surface area contributed by atoms with E-state index >= 15 is 0 Å². The van der Waals surface area contributed by atoms with Crippen LogP contribution in [0.2, 0.25) is 0 Å². The number of allylic oxidation sites excluding steroid dienone is 1. The lowest BCUT2D eigenvalue weighted by Crippen LogP contribution is -2.14. The molecular formula is C21H38O4. The molecule has 1 aliphatic heterocycles. The first kappa shape index (κ1) is 22.2. The number of aliphatic hydroxyl groups is 1. The topological polar surface area (TPSA) is 59.1 Å². The van der Waals surface area contributed by atoms with Crippen LogP contribution in [0.5, 0.6) is 0 Å². The van der Waals surface area contributed by atoms with E-state index in [2.05, 4.69) is 19.1 Å². The average Bonchev–Trinajstić information content (AvgIpc) is 3.38. The number of epoxide rings is 1. The van der Waals surface area contributed by atoms with Gasteiger partial charge >= 0.3 is 5.97 Å². The van der Waals surface area contributed by atoms with Crippen LogP contribution >= 0.6 is 0 Å². The fourth-order valence-electron chi connectivity index (χ4n) is 2.93. The van der Waals surface area contributed by atoms with Crippen LogP contribution in [0.4, 0.5) is 0 Å². The lowest BCUT2D eigenvalue weighted by molar-refractivity contribution is -0.145. The lowest BCUT2D eigenvalue weighted by atomic mass is 10.1. The molecule has 0 aromatic carbocycles. The zero-order valence-electron chi connectivity index (χ0n) is 16.3. The minimum Gasteiger partial charge on any atom is -0.464 e. The minimum absolute atomic E-state index is 0.0859. The predicted molar refractivity (Wildman–Crippen MR) is 102 cm³/mol. The van der Waals surface area contributed by atoms with Gasteiger partial charge in [0.25, 0.3) is 0 Å². The summed E-state index contributed by atoms with van der Waals surface area (Å²) < 4.78 is 10.5. The van der Waals surface area contributed by atoms with Crippen LogP contribution in [0.25, 0.3) is 0 Å². The monoisotopic (exact) mass is 354 g/mol. The Labute approximate surface area is 154 Å². The highest BCUT2D eigenvalue weighted by molar-refractivity contribution is 5.77. The molecule has 1 rings (SSSR count). The van der Waals surface area contributed by atoms with Crippen molar-refractivity contribution in [1.29, 1.82) is 0 Å². The number of unbranched alkanes of at least 4 members (excludes halogenated alkanes) is 6. The molecule has 146 valence electrons. The Morgan fingerprint density at radius 2 is 1.88 bits per heavy atom. The highest BCUT2D eigenvalue weighted by Gasteiger charge is 2.45. The molecule has 4 heteroatoms. The summed E-state index contributed by atoms with van der Waals surface area (Å²) in [5.74, 6) is -0.192. The Bertz CT molecular complexity index is 367. The normalized spacial score (nSPS) is 20.8. The molecule has 3 atom stereocenters. The Morgan fingerprint density at radius 3 is 2.64 bits per heavy atom. The highest BCUT2D eigenvalue weighted by Crippen LogP contribution is 2.28. The molecule has 0 saturated carbocycles. The van der Waals surface area contributed by atoms with Gasteiger partial charge in [0.2, 0.25) is 0 Å². The summed E-state index contributed by atoms with van der Waals surface area (Å²) in [7, 11) is 0. The van der Waals surface area contributed by atoms with Gasteiger partial charge in [-0.15, -0.1) is 0 Å². The first-order chi connectivity index (χ1) is 12.2. The molecule has 0 amide bonds. The van der Waals surface area contributed by atoms with E-state index in [1.807, 2.05) is 6.92 Å².